The average Bonchev–Trinajstić information content (AvgIpc) is 3.18. The highest BCUT2D eigenvalue weighted by Gasteiger charge is 2.72. The van der Waals surface area contributed by atoms with E-state index in [0.717, 1.165) is 38.5 Å². The van der Waals surface area contributed by atoms with E-state index in [1.807, 2.05) is 6.92 Å². The van der Waals surface area contributed by atoms with Crippen molar-refractivity contribution in [3.05, 3.63) is 0 Å². The number of esters is 1. The molecule has 0 aromatic heterocycles. The predicted octanol–water partition coefficient (Wildman–Crippen LogP) is 0.0662. The first-order chi connectivity index (χ1) is 17.0. The first kappa shape index (κ1) is 25.4. The molecule has 3 aliphatic heterocycles. The minimum Gasteiger partial charge on any atom is -0.435 e. The molecule has 10 heteroatoms. The van der Waals surface area contributed by atoms with Crippen molar-refractivity contribution in [2.24, 2.45) is 34.0 Å². The minimum absolute atomic E-state index is 0.00812. The van der Waals surface area contributed by atoms with Crippen molar-refractivity contribution >= 4 is 5.97 Å². The molecule has 1 spiro atoms. The van der Waals surface area contributed by atoms with Crippen LogP contribution in [0.3, 0.4) is 0 Å². The zero-order valence-electron chi connectivity index (χ0n) is 21.0. The smallest absolute Gasteiger partial charge is 0.314 e. The summed E-state index contributed by atoms with van der Waals surface area (Å²) >= 11 is 0. The Labute approximate surface area is 210 Å². The Morgan fingerprint density at radius 3 is 2.61 bits per heavy atom. The first-order valence-corrected chi connectivity index (χ1v) is 13.4. The van der Waals surface area contributed by atoms with Crippen LogP contribution in [0.25, 0.3) is 0 Å². The number of aliphatic hydroxyl groups excluding tert-OH is 4. The van der Waals surface area contributed by atoms with Crippen LogP contribution in [0.1, 0.15) is 58.8 Å². The number of carbonyl (C=O) groups excluding carboxylic acids is 1. The van der Waals surface area contributed by atoms with Crippen LogP contribution in [-0.4, -0.2) is 93.9 Å². The Balaban J connectivity index is 1.24. The van der Waals surface area contributed by atoms with Crippen LogP contribution < -0.4 is 0 Å². The molecular weight excluding hydrogens is 472 g/mol. The molecular formula is C26H40O10. The number of hydrogen-bond acceptors (Lipinski definition) is 10. The van der Waals surface area contributed by atoms with E-state index in [1.165, 1.54) is 0 Å². The summed E-state index contributed by atoms with van der Waals surface area (Å²) in [6, 6.07) is 0. The van der Waals surface area contributed by atoms with Gasteiger partial charge in [-0.2, -0.15) is 0 Å². The number of aliphatic hydroxyl groups is 5. The van der Waals surface area contributed by atoms with Crippen LogP contribution in [0.5, 0.6) is 0 Å². The molecule has 5 N–H and O–H groups in total. The van der Waals surface area contributed by atoms with Gasteiger partial charge in [0.1, 0.15) is 24.4 Å². The van der Waals surface area contributed by atoms with Crippen molar-refractivity contribution in [2.75, 3.05) is 19.8 Å². The summed E-state index contributed by atoms with van der Waals surface area (Å²) in [5.74, 6) is 0.0862. The Hall–Kier alpha value is -0.850. The van der Waals surface area contributed by atoms with Gasteiger partial charge < -0.3 is 44.5 Å². The summed E-state index contributed by atoms with van der Waals surface area (Å²) in [5, 5.41) is 51.9. The van der Waals surface area contributed by atoms with E-state index >= 15 is 0 Å². The lowest BCUT2D eigenvalue weighted by Crippen LogP contribution is -2.59. The molecule has 0 aromatic rings. The Morgan fingerprint density at radius 2 is 1.86 bits per heavy atom. The zero-order chi connectivity index (χ0) is 25.7. The standard InChI is InChI=1S/C26H40O10/c1-23-6-3-7-24(2)19(23)21(36-22(24)31)33-11-25-8-13(4-5-15(23)25)26(32,10-25)12-34-20-18(30)17(29)16(28)14(9-27)35-20/h13-21,27-30,32H,3-12H2,1-2H3/t13-,14+,15-,16+,17-,18+,19-,20+,21-,23-,24+,25-,26-/m0/s1. The van der Waals surface area contributed by atoms with Gasteiger partial charge in [-0.05, 0) is 62.7 Å². The molecule has 0 radical (unpaired) electrons. The van der Waals surface area contributed by atoms with Crippen LogP contribution in [0.4, 0.5) is 0 Å². The molecule has 3 heterocycles. The fraction of sp³-hybridized carbons (Fsp3) is 0.962. The summed E-state index contributed by atoms with van der Waals surface area (Å²) in [7, 11) is 0. The number of hydrogen-bond donors (Lipinski definition) is 5. The van der Waals surface area contributed by atoms with E-state index in [0.29, 0.717) is 13.0 Å². The number of ether oxygens (including phenoxy) is 4. The Morgan fingerprint density at radius 1 is 1.08 bits per heavy atom. The topological polar surface area (TPSA) is 155 Å². The van der Waals surface area contributed by atoms with Crippen molar-refractivity contribution in [2.45, 2.75) is 101 Å². The highest BCUT2D eigenvalue weighted by atomic mass is 16.7. The second-order valence-corrected chi connectivity index (χ2v) is 13.0. The summed E-state index contributed by atoms with van der Waals surface area (Å²) < 4.78 is 23.5. The SMILES string of the molecule is C[C@]12CCC[C@@]3(C)C(=O)O[C@H](OC[C@@]45C[C@H](CC[C@H]41)[C@@](O)(CO[C@@H]1O[C@H](CO)[C@@H](O)[C@H](O)[C@H]1O)C5)[C@@H]23. The van der Waals surface area contributed by atoms with Gasteiger partial charge in [-0.1, -0.05) is 13.3 Å². The fourth-order valence-electron chi connectivity index (χ4n) is 9.45. The lowest BCUT2D eigenvalue weighted by atomic mass is 9.47. The average molecular weight is 513 g/mol. The van der Waals surface area contributed by atoms with Crippen molar-refractivity contribution in [1.82, 2.24) is 0 Å². The number of carbonyl (C=O) groups is 1. The molecule has 3 saturated carbocycles. The number of fused-ring (bicyclic) bond motifs is 2. The molecule has 6 fully saturated rings. The van der Waals surface area contributed by atoms with Crippen LogP contribution in [-0.2, 0) is 23.7 Å². The van der Waals surface area contributed by atoms with E-state index < -0.39 is 54.6 Å². The normalized spacial score (nSPS) is 58.1. The van der Waals surface area contributed by atoms with E-state index in [1.54, 1.807) is 0 Å². The molecule has 2 bridgehead atoms. The number of rotatable bonds is 4. The molecule has 0 amide bonds. The van der Waals surface area contributed by atoms with E-state index in [2.05, 4.69) is 6.92 Å². The van der Waals surface area contributed by atoms with Crippen LogP contribution in [0, 0.1) is 34.0 Å². The van der Waals surface area contributed by atoms with Crippen LogP contribution >= 0.6 is 0 Å². The van der Waals surface area contributed by atoms with Gasteiger partial charge in [0.25, 0.3) is 0 Å². The van der Waals surface area contributed by atoms with Crippen molar-refractivity contribution in [1.29, 1.82) is 0 Å². The third kappa shape index (κ3) is 3.35. The van der Waals surface area contributed by atoms with Gasteiger partial charge in [-0.25, -0.2) is 0 Å². The monoisotopic (exact) mass is 512 g/mol. The van der Waals surface area contributed by atoms with Crippen molar-refractivity contribution < 1.29 is 49.3 Å². The van der Waals surface area contributed by atoms with Gasteiger partial charge in [0.05, 0.1) is 30.8 Å². The molecule has 0 aromatic carbocycles. The van der Waals surface area contributed by atoms with Crippen LogP contribution in [0.15, 0.2) is 0 Å². The first-order valence-electron chi connectivity index (χ1n) is 13.4. The Bertz CT molecular complexity index is 898. The van der Waals surface area contributed by atoms with Crippen molar-refractivity contribution in [3.8, 4) is 0 Å². The molecule has 6 rings (SSSR count). The molecule has 10 nitrogen and oxygen atoms in total. The molecule has 6 aliphatic rings. The van der Waals surface area contributed by atoms with Gasteiger partial charge in [0.2, 0.25) is 6.29 Å². The lowest BCUT2D eigenvalue weighted by molar-refractivity contribution is -0.310. The maximum atomic E-state index is 12.9. The molecule has 3 saturated heterocycles. The summed E-state index contributed by atoms with van der Waals surface area (Å²) in [6.45, 7) is 4.10. The zero-order valence-corrected chi connectivity index (χ0v) is 21.0. The van der Waals surface area contributed by atoms with Gasteiger partial charge in [0, 0.05) is 11.3 Å². The lowest BCUT2D eigenvalue weighted by Gasteiger charge is -2.55. The third-order valence-corrected chi connectivity index (χ3v) is 11.1. The second kappa shape index (κ2) is 8.32. The molecule has 204 valence electrons. The van der Waals surface area contributed by atoms with Gasteiger partial charge in [-0.15, -0.1) is 0 Å². The highest BCUT2D eigenvalue weighted by Crippen LogP contribution is 2.71. The van der Waals surface area contributed by atoms with Gasteiger partial charge in [0.15, 0.2) is 6.29 Å². The van der Waals surface area contributed by atoms with E-state index in [-0.39, 0.29) is 41.2 Å². The quantitative estimate of drug-likeness (QED) is 0.327. The van der Waals surface area contributed by atoms with Crippen LogP contribution in [0.2, 0.25) is 0 Å². The third-order valence-electron chi connectivity index (χ3n) is 11.1. The summed E-state index contributed by atoms with van der Waals surface area (Å²) in [6.07, 6.45) is -1.62. The summed E-state index contributed by atoms with van der Waals surface area (Å²) in [4.78, 5) is 12.9. The summed E-state index contributed by atoms with van der Waals surface area (Å²) in [5.41, 5.74) is -2.14. The maximum Gasteiger partial charge on any atom is 0.314 e. The molecule has 3 aliphatic carbocycles. The van der Waals surface area contributed by atoms with Gasteiger partial charge in [-0.3, -0.25) is 4.79 Å². The minimum atomic E-state index is -1.53. The highest BCUT2D eigenvalue weighted by molar-refractivity contribution is 5.79. The van der Waals surface area contributed by atoms with E-state index in [4.69, 9.17) is 18.9 Å². The van der Waals surface area contributed by atoms with E-state index in [9.17, 15) is 30.3 Å². The van der Waals surface area contributed by atoms with Crippen molar-refractivity contribution in [3.63, 3.8) is 0 Å². The Kier molecular flexibility index (Phi) is 5.88. The largest absolute Gasteiger partial charge is 0.435 e. The predicted molar refractivity (Wildman–Crippen MR) is 122 cm³/mol. The second-order valence-electron chi connectivity index (χ2n) is 13.0. The molecule has 0 unspecified atom stereocenters. The molecule has 36 heavy (non-hydrogen) atoms. The fourth-order valence-corrected chi connectivity index (χ4v) is 9.45. The van der Waals surface area contributed by atoms with Gasteiger partial charge >= 0.3 is 5.97 Å². The molecule has 13 atom stereocenters. The maximum absolute atomic E-state index is 12.9.